The first-order valence-electron chi connectivity index (χ1n) is 5.27. The van der Waals surface area contributed by atoms with Crippen molar-refractivity contribution in [2.75, 3.05) is 0 Å². The van der Waals surface area contributed by atoms with E-state index in [2.05, 4.69) is 0 Å². The van der Waals surface area contributed by atoms with Gasteiger partial charge in [0.1, 0.15) is 0 Å². The second kappa shape index (κ2) is 9.08. The van der Waals surface area contributed by atoms with Gasteiger partial charge in [0.05, 0.1) is 12.1 Å². The van der Waals surface area contributed by atoms with Gasteiger partial charge in [-0.2, -0.15) is 0 Å². The third kappa shape index (κ3) is 6.55. The van der Waals surface area contributed by atoms with Crippen LogP contribution in [0.3, 0.4) is 0 Å². The van der Waals surface area contributed by atoms with E-state index in [0.717, 1.165) is 0 Å². The summed E-state index contributed by atoms with van der Waals surface area (Å²) in [6, 6.07) is 16.4. The van der Waals surface area contributed by atoms with Gasteiger partial charge in [-0.3, -0.25) is 9.59 Å². The molecule has 0 amide bonds. The molecule has 0 saturated heterocycles. The fourth-order valence-corrected chi connectivity index (χ4v) is 1.08. The molecule has 5 heteroatoms. The van der Waals surface area contributed by atoms with Crippen LogP contribution in [0.5, 0.6) is 11.5 Å². The Hall–Kier alpha value is -1.91. The number of rotatable bonds is 0. The second-order valence-corrected chi connectivity index (χ2v) is 3.42. The minimum atomic E-state index is 0. The largest absolute Gasteiger partial charge is 0.587 e. The molecule has 0 aromatic heterocycles. The van der Waals surface area contributed by atoms with Crippen molar-refractivity contribution in [3.05, 3.63) is 71.5 Å². The molecule has 6 N–H and O–H groups in total. The zero-order valence-corrected chi connectivity index (χ0v) is 11.7. The van der Waals surface area contributed by atoms with E-state index in [-0.39, 0.29) is 44.1 Å². The van der Waals surface area contributed by atoms with E-state index in [1.807, 2.05) is 0 Å². The molecule has 0 unspecified atom stereocenters. The Morgan fingerprint density at radius 2 is 0.895 bits per heavy atom. The Balaban J connectivity index is 0.000000324. The maximum absolute atomic E-state index is 8.89. The van der Waals surface area contributed by atoms with Crippen LogP contribution in [-0.4, -0.2) is 19.8 Å². The maximum Gasteiger partial charge on any atom is 0.433 e. The molecular formula is C14H16O4Ti+4. The summed E-state index contributed by atoms with van der Waals surface area (Å²) in [5.74, 6) is 0.306. The Morgan fingerprint density at radius 3 is 1.26 bits per heavy atom. The standard InChI is InChI=1S/2C7H6O2.Ti/c2*8-6-4-2-1-3-5-7(6)9;/h2*1-5H,(H,8,9);/p+4. The van der Waals surface area contributed by atoms with Gasteiger partial charge in [0.25, 0.3) is 0 Å². The van der Waals surface area contributed by atoms with E-state index in [0.29, 0.717) is 0 Å². The molecule has 0 aliphatic carbocycles. The number of hydrogen-bond acceptors (Lipinski definition) is 0. The van der Waals surface area contributed by atoms with Crippen molar-refractivity contribution in [2.45, 2.75) is 0 Å². The first kappa shape index (κ1) is 17.1. The van der Waals surface area contributed by atoms with Crippen LogP contribution in [-0.2, 0) is 21.7 Å². The van der Waals surface area contributed by atoms with Crippen LogP contribution in [0.25, 0.3) is 0 Å². The Kier molecular flexibility index (Phi) is 8.17. The van der Waals surface area contributed by atoms with Gasteiger partial charge in [-0.05, 0) is 0 Å². The molecule has 2 aromatic rings. The summed E-state index contributed by atoms with van der Waals surface area (Å²) in [7, 11) is 0. The summed E-state index contributed by atoms with van der Waals surface area (Å²) >= 11 is 0. The van der Waals surface area contributed by atoms with Gasteiger partial charge in [0, 0.05) is 33.9 Å². The summed E-state index contributed by atoms with van der Waals surface area (Å²) in [5.41, 5.74) is 0.0278. The minimum absolute atomic E-state index is 0. The number of hydrogen-bond donors (Lipinski definition) is 0. The third-order valence-electron chi connectivity index (χ3n) is 2.03. The SMILES string of the molecule is [OH+]=c1cccccc1[OH2+].[OH+]=c1cccccc1[OH2+].[Ti]. The molecule has 0 spiro atoms. The molecule has 0 aliphatic heterocycles. The van der Waals surface area contributed by atoms with Crippen molar-refractivity contribution in [3.63, 3.8) is 0 Å². The molecule has 96 valence electrons. The van der Waals surface area contributed by atoms with Crippen molar-refractivity contribution < 1.29 is 41.5 Å². The summed E-state index contributed by atoms with van der Waals surface area (Å²) in [4.78, 5) is 17.8. The predicted octanol–water partition coefficient (Wildman–Crippen LogP) is 0.256. The molecule has 2 aromatic carbocycles. The van der Waals surface area contributed by atoms with Crippen LogP contribution < -0.4 is 10.9 Å². The fraction of sp³-hybridized carbons (Fsp3) is 0. The summed E-state index contributed by atoms with van der Waals surface area (Å²) < 4.78 is 0. The van der Waals surface area contributed by atoms with E-state index < -0.39 is 0 Å². The molecule has 0 radical (unpaired) electrons. The van der Waals surface area contributed by atoms with E-state index >= 15 is 0 Å². The van der Waals surface area contributed by atoms with Crippen molar-refractivity contribution in [1.82, 2.24) is 0 Å². The summed E-state index contributed by atoms with van der Waals surface area (Å²) in [6.07, 6.45) is 0. The molecule has 4 nitrogen and oxygen atoms in total. The molecule has 0 bridgehead atoms. The van der Waals surface area contributed by atoms with Gasteiger partial charge < -0.3 is 10.2 Å². The fourth-order valence-electron chi connectivity index (χ4n) is 1.08. The van der Waals surface area contributed by atoms with Gasteiger partial charge in [0.2, 0.25) is 0 Å². The van der Waals surface area contributed by atoms with Gasteiger partial charge in [-0.1, -0.05) is 36.4 Å². The van der Waals surface area contributed by atoms with Crippen LogP contribution in [0, 0.1) is 0 Å². The molecular weight excluding hydrogens is 280 g/mol. The van der Waals surface area contributed by atoms with Gasteiger partial charge in [0.15, 0.2) is 0 Å². The normalized spacial score (nSPS) is 8.42. The molecule has 0 heterocycles. The van der Waals surface area contributed by atoms with Crippen molar-refractivity contribution >= 4 is 0 Å². The molecule has 0 saturated carbocycles. The van der Waals surface area contributed by atoms with Crippen LogP contribution in [0.1, 0.15) is 0 Å². The van der Waals surface area contributed by atoms with Gasteiger partial charge in [-0.15, -0.1) is 0 Å². The Morgan fingerprint density at radius 1 is 0.579 bits per heavy atom. The Labute approximate surface area is 124 Å². The molecule has 19 heavy (non-hydrogen) atoms. The molecule has 0 atom stereocenters. The zero-order chi connectivity index (χ0) is 13.4. The quantitative estimate of drug-likeness (QED) is 0.493. The molecule has 0 aliphatic rings. The first-order chi connectivity index (χ1) is 8.61. The van der Waals surface area contributed by atoms with Crippen LogP contribution >= 0.6 is 0 Å². The topological polar surface area (TPSA) is 88.6 Å². The van der Waals surface area contributed by atoms with E-state index in [4.69, 9.17) is 19.8 Å². The zero-order valence-electron chi connectivity index (χ0n) is 10.2. The second-order valence-electron chi connectivity index (χ2n) is 3.42. The van der Waals surface area contributed by atoms with E-state index in [1.54, 1.807) is 36.4 Å². The van der Waals surface area contributed by atoms with E-state index in [1.165, 1.54) is 24.3 Å². The monoisotopic (exact) mass is 296 g/mol. The van der Waals surface area contributed by atoms with Crippen molar-refractivity contribution in [2.24, 2.45) is 0 Å². The van der Waals surface area contributed by atoms with Crippen LogP contribution in [0.15, 0.2) is 60.7 Å². The summed E-state index contributed by atoms with van der Waals surface area (Å²) in [5, 5.41) is 14.2. The van der Waals surface area contributed by atoms with Gasteiger partial charge >= 0.3 is 22.4 Å². The average Bonchev–Trinajstić information content (AvgIpc) is 2.65. The third-order valence-corrected chi connectivity index (χ3v) is 2.03. The maximum atomic E-state index is 8.89. The van der Waals surface area contributed by atoms with Crippen LogP contribution in [0.4, 0.5) is 0 Å². The van der Waals surface area contributed by atoms with Crippen LogP contribution in [0.2, 0.25) is 0 Å². The smallest absolute Gasteiger partial charge is 0.433 e. The average molecular weight is 296 g/mol. The van der Waals surface area contributed by atoms with E-state index in [9.17, 15) is 0 Å². The first-order valence-corrected chi connectivity index (χ1v) is 5.27. The molecule has 2 rings (SSSR count). The van der Waals surface area contributed by atoms with Gasteiger partial charge in [-0.25, -0.2) is 0 Å². The van der Waals surface area contributed by atoms with Crippen molar-refractivity contribution in [1.29, 1.82) is 0 Å². The summed E-state index contributed by atoms with van der Waals surface area (Å²) in [6.45, 7) is 0. The van der Waals surface area contributed by atoms with Crippen molar-refractivity contribution in [3.8, 4) is 11.5 Å². The molecule has 0 fully saturated rings. The minimum Gasteiger partial charge on any atom is -0.587 e. The predicted molar refractivity (Wildman–Crippen MR) is 69.1 cm³/mol. The Bertz CT molecular complexity index is 572.